The van der Waals surface area contributed by atoms with Crippen LogP contribution in [0.15, 0.2) is 60.8 Å². The van der Waals surface area contributed by atoms with Crippen LogP contribution in [0.25, 0.3) is 16.9 Å². The van der Waals surface area contributed by atoms with Gasteiger partial charge >= 0.3 is 0 Å². The zero-order valence-electron chi connectivity index (χ0n) is 17.9. The molecular formula is C24H20BClN6O. The minimum atomic E-state index is -0.276. The second-order valence-electron chi connectivity index (χ2n) is 7.50. The zero-order valence-corrected chi connectivity index (χ0v) is 18.7. The molecule has 9 heteroatoms. The van der Waals surface area contributed by atoms with Crippen LogP contribution < -0.4 is 16.1 Å². The smallest absolute Gasteiger partial charge is 0.251 e. The van der Waals surface area contributed by atoms with Gasteiger partial charge < -0.3 is 10.6 Å². The van der Waals surface area contributed by atoms with E-state index in [9.17, 15) is 4.79 Å². The van der Waals surface area contributed by atoms with Crippen molar-refractivity contribution in [3.8, 4) is 17.3 Å². The van der Waals surface area contributed by atoms with Gasteiger partial charge in [0.2, 0.25) is 0 Å². The maximum atomic E-state index is 12.5. The molecule has 0 saturated carbocycles. The summed E-state index contributed by atoms with van der Waals surface area (Å²) in [5, 5.41) is 20.1. The molecule has 1 unspecified atom stereocenters. The molecule has 33 heavy (non-hydrogen) atoms. The molecule has 1 amide bonds. The number of anilines is 1. The molecule has 1 atom stereocenters. The number of nitrogens with one attached hydrogen (secondary N) is 2. The fourth-order valence-electron chi connectivity index (χ4n) is 3.41. The predicted molar refractivity (Wildman–Crippen MR) is 130 cm³/mol. The lowest BCUT2D eigenvalue weighted by Crippen LogP contribution is -2.29. The molecule has 0 fully saturated rings. The second-order valence-corrected chi connectivity index (χ2v) is 7.91. The van der Waals surface area contributed by atoms with Gasteiger partial charge in [-0.25, -0.2) is 4.98 Å². The molecule has 0 aliphatic rings. The van der Waals surface area contributed by atoms with Gasteiger partial charge in [0.05, 0.1) is 17.7 Å². The van der Waals surface area contributed by atoms with Crippen molar-refractivity contribution in [3.05, 3.63) is 76.9 Å². The highest BCUT2D eigenvalue weighted by atomic mass is 35.5. The van der Waals surface area contributed by atoms with Crippen LogP contribution in [0, 0.1) is 11.3 Å². The number of benzene rings is 2. The van der Waals surface area contributed by atoms with Gasteiger partial charge in [0, 0.05) is 41.5 Å². The fraction of sp³-hybridized carbons (Fsp3) is 0.167. The van der Waals surface area contributed by atoms with Crippen molar-refractivity contribution in [1.29, 1.82) is 5.26 Å². The Kier molecular flexibility index (Phi) is 6.62. The van der Waals surface area contributed by atoms with Crippen molar-refractivity contribution in [3.63, 3.8) is 0 Å². The Balaban J connectivity index is 1.47. The Morgan fingerprint density at radius 1 is 1.21 bits per heavy atom. The molecule has 2 heterocycles. The number of nitrogens with zero attached hydrogens (tertiary/aromatic N) is 4. The number of nitriles is 1. The van der Waals surface area contributed by atoms with E-state index in [0.717, 1.165) is 11.1 Å². The van der Waals surface area contributed by atoms with Gasteiger partial charge in [-0.1, -0.05) is 41.9 Å². The Bertz CT molecular complexity index is 1360. The van der Waals surface area contributed by atoms with E-state index in [0.29, 0.717) is 46.3 Å². The molecule has 4 aromatic rings. The highest BCUT2D eigenvalue weighted by Crippen LogP contribution is 2.28. The molecular weight excluding hydrogens is 435 g/mol. The van der Waals surface area contributed by atoms with Crippen molar-refractivity contribution in [2.45, 2.75) is 12.8 Å². The predicted octanol–water partition coefficient (Wildman–Crippen LogP) is 3.31. The topological polar surface area (TPSA) is 95.1 Å². The molecule has 2 radical (unpaired) electrons. The number of halogens is 1. The molecule has 2 aromatic heterocycles. The number of amides is 1. The van der Waals surface area contributed by atoms with Crippen molar-refractivity contribution < 1.29 is 4.79 Å². The number of hydrogen-bond donors (Lipinski definition) is 2. The van der Waals surface area contributed by atoms with E-state index >= 15 is 0 Å². The van der Waals surface area contributed by atoms with Crippen molar-refractivity contribution in [2.75, 3.05) is 18.4 Å². The molecule has 4 rings (SSSR count). The average molecular weight is 455 g/mol. The average Bonchev–Trinajstić information content (AvgIpc) is 3.22. The Labute approximate surface area is 197 Å². The van der Waals surface area contributed by atoms with Crippen molar-refractivity contribution >= 4 is 42.3 Å². The lowest BCUT2D eigenvalue weighted by molar-refractivity contribution is 0.0955. The summed E-state index contributed by atoms with van der Waals surface area (Å²) in [5.74, 6) is 0.191. The van der Waals surface area contributed by atoms with E-state index in [4.69, 9.17) is 24.7 Å². The van der Waals surface area contributed by atoms with Crippen LogP contribution in [0.3, 0.4) is 0 Å². The number of fused-ring (bicyclic) bond motifs is 1. The first-order valence-electron chi connectivity index (χ1n) is 10.4. The lowest BCUT2D eigenvalue weighted by Gasteiger charge is -2.12. The van der Waals surface area contributed by atoms with Crippen LogP contribution >= 0.6 is 11.6 Å². The van der Waals surface area contributed by atoms with Crippen molar-refractivity contribution in [2.24, 2.45) is 0 Å². The fourth-order valence-corrected chi connectivity index (χ4v) is 3.64. The number of carbonyl (C=O) groups is 1. The molecule has 2 N–H and O–H groups in total. The molecule has 0 saturated heterocycles. The van der Waals surface area contributed by atoms with Crippen LogP contribution in [-0.2, 0) is 0 Å². The summed E-state index contributed by atoms with van der Waals surface area (Å²) in [7, 11) is 6.05. The van der Waals surface area contributed by atoms with Crippen molar-refractivity contribution in [1.82, 2.24) is 19.9 Å². The minimum Gasteiger partial charge on any atom is -0.368 e. The SMILES string of the molecule is [B]c1cnn2c(NCCNC(=O)c3cccc(C(C)C#N)c3)cc(-c3ccccc3Cl)nc12. The van der Waals surface area contributed by atoms with Gasteiger partial charge in [-0.2, -0.15) is 14.9 Å². The lowest BCUT2D eigenvalue weighted by atomic mass is 10.0. The summed E-state index contributed by atoms with van der Waals surface area (Å²) in [6.07, 6.45) is 1.54. The molecule has 0 spiro atoms. The Morgan fingerprint density at radius 2 is 2.03 bits per heavy atom. The third kappa shape index (κ3) is 4.84. The Morgan fingerprint density at radius 3 is 2.82 bits per heavy atom. The summed E-state index contributed by atoms with van der Waals surface area (Å²) in [6, 6.07) is 18.6. The highest BCUT2D eigenvalue weighted by molar-refractivity contribution is 6.36. The van der Waals surface area contributed by atoms with Gasteiger partial charge in [0.1, 0.15) is 13.7 Å². The number of carbonyl (C=O) groups excluding carboxylic acids is 1. The first kappa shape index (κ1) is 22.4. The zero-order chi connectivity index (χ0) is 23.4. The third-order valence-corrected chi connectivity index (χ3v) is 5.54. The highest BCUT2D eigenvalue weighted by Gasteiger charge is 2.13. The summed E-state index contributed by atoms with van der Waals surface area (Å²) in [4.78, 5) is 17.1. The number of aromatic nitrogens is 3. The van der Waals surface area contributed by atoms with E-state index in [-0.39, 0.29) is 11.8 Å². The van der Waals surface area contributed by atoms with Gasteiger partial charge in [-0.15, -0.1) is 0 Å². The molecule has 0 aliphatic carbocycles. The normalized spacial score (nSPS) is 11.7. The quantitative estimate of drug-likeness (QED) is 0.330. The van der Waals surface area contributed by atoms with Crippen LogP contribution in [0.4, 0.5) is 5.82 Å². The number of hydrogen-bond acceptors (Lipinski definition) is 5. The van der Waals surface area contributed by atoms with Crippen LogP contribution in [0.1, 0.15) is 28.8 Å². The van der Waals surface area contributed by atoms with E-state index in [1.54, 1.807) is 41.9 Å². The second kappa shape index (κ2) is 9.76. The van der Waals surface area contributed by atoms with E-state index in [1.165, 1.54) is 0 Å². The first-order valence-corrected chi connectivity index (χ1v) is 10.8. The monoisotopic (exact) mass is 454 g/mol. The van der Waals surface area contributed by atoms with Crippen LogP contribution in [0.2, 0.25) is 5.02 Å². The maximum absolute atomic E-state index is 12.5. The minimum absolute atomic E-state index is 0.205. The van der Waals surface area contributed by atoms with Crippen LogP contribution in [-0.4, -0.2) is 41.4 Å². The van der Waals surface area contributed by atoms with Gasteiger partial charge in [0.15, 0.2) is 5.65 Å². The molecule has 2 aromatic carbocycles. The Hall–Kier alpha value is -3.83. The van der Waals surface area contributed by atoms with Crippen LogP contribution in [0.5, 0.6) is 0 Å². The molecule has 162 valence electrons. The van der Waals surface area contributed by atoms with E-state index in [2.05, 4.69) is 26.8 Å². The summed E-state index contributed by atoms with van der Waals surface area (Å²) >= 11 is 6.36. The van der Waals surface area contributed by atoms with Gasteiger partial charge in [-0.05, 0) is 36.1 Å². The van der Waals surface area contributed by atoms with Gasteiger partial charge in [-0.3, -0.25) is 4.79 Å². The summed E-state index contributed by atoms with van der Waals surface area (Å²) in [5.41, 5.74) is 3.74. The molecule has 0 bridgehead atoms. The largest absolute Gasteiger partial charge is 0.368 e. The molecule has 7 nitrogen and oxygen atoms in total. The maximum Gasteiger partial charge on any atom is 0.251 e. The standard InChI is InChI=1S/C24H20BClN6O/c1-15(13-27)16-5-4-6-17(11-16)24(33)29-10-9-28-22-12-21(18-7-2-3-8-20(18)26)31-23-19(25)14-30-32(22)23/h2-8,11-12,14-15,28H,9-10H2,1H3,(H,29,33). The third-order valence-electron chi connectivity index (χ3n) is 5.21. The van der Waals surface area contributed by atoms with E-state index < -0.39 is 0 Å². The number of rotatable bonds is 7. The first-order chi connectivity index (χ1) is 16.0. The van der Waals surface area contributed by atoms with Gasteiger partial charge in [0.25, 0.3) is 5.91 Å². The van der Waals surface area contributed by atoms with E-state index in [1.807, 2.05) is 30.3 Å². The summed E-state index contributed by atoms with van der Waals surface area (Å²) < 4.78 is 1.62. The molecule has 0 aliphatic heterocycles. The summed E-state index contributed by atoms with van der Waals surface area (Å²) in [6.45, 7) is 2.62.